The third-order valence-electron chi connectivity index (χ3n) is 4.14. The second kappa shape index (κ2) is 5.44. The minimum atomic E-state index is 0.0898. The minimum Gasteiger partial charge on any atom is -0.338 e. The number of thiazole rings is 1. The Bertz CT molecular complexity index is 759. The maximum Gasteiger partial charge on any atom is 0.243 e. The first-order valence-electron chi connectivity index (χ1n) is 7.59. The van der Waals surface area contributed by atoms with Gasteiger partial charge in [-0.2, -0.15) is 4.98 Å². The van der Waals surface area contributed by atoms with Crippen LogP contribution >= 0.6 is 11.3 Å². The molecule has 0 saturated heterocycles. The Morgan fingerprint density at radius 1 is 1.32 bits per heavy atom. The third kappa shape index (κ3) is 2.64. The lowest BCUT2D eigenvalue weighted by Crippen LogP contribution is -2.22. The first-order valence-corrected chi connectivity index (χ1v) is 8.40. The van der Waals surface area contributed by atoms with Gasteiger partial charge >= 0.3 is 0 Å². The zero-order valence-electron chi connectivity index (χ0n) is 12.7. The van der Waals surface area contributed by atoms with Crippen LogP contribution in [0.15, 0.2) is 28.8 Å². The van der Waals surface area contributed by atoms with E-state index >= 15 is 0 Å². The van der Waals surface area contributed by atoms with E-state index in [1.54, 1.807) is 11.3 Å². The zero-order valence-corrected chi connectivity index (χ0v) is 13.5. The monoisotopic (exact) mass is 314 g/mol. The second-order valence-electron chi connectivity index (χ2n) is 5.93. The van der Waals surface area contributed by atoms with Crippen molar-refractivity contribution in [1.82, 2.24) is 20.0 Å². The van der Waals surface area contributed by atoms with Crippen molar-refractivity contribution in [3.05, 3.63) is 41.0 Å². The summed E-state index contributed by atoms with van der Waals surface area (Å²) in [6.45, 7) is 2.87. The lowest BCUT2D eigenvalue weighted by Gasteiger charge is -2.19. The van der Waals surface area contributed by atoms with Crippen LogP contribution in [0.25, 0.3) is 10.2 Å². The summed E-state index contributed by atoms with van der Waals surface area (Å²) >= 11 is 1.74. The molecule has 1 aromatic carbocycles. The fraction of sp³-hybridized carbons (Fsp3) is 0.438. The molecule has 0 amide bonds. The normalized spacial score (nSPS) is 16.5. The van der Waals surface area contributed by atoms with Gasteiger partial charge < -0.3 is 4.52 Å². The van der Waals surface area contributed by atoms with Gasteiger partial charge in [-0.05, 0) is 38.9 Å². The van der Waals surface area contributed by atoms with Crippen molar-refractivity contribution in [1.29, 1.82) is 0 Å². The largest absolute Gasteiger partial charge is 0.338 e. The van der Waals surface area contributed by atoms with Crippen molar-refractivity contribution in [3.63, 3.8) is 0 Å². The van der Waals surface area contributed by atoms with Crippen molar-refractivity contribution >= 4 is 21.6 Å². The van der Waals surface area contributed by atoms with Crippen LogP contribution in [0.1, 0.15) is 48.4 Å². The molecule has 5 nitrogen and oxygen atoms in total. The summed E-state index contributed by atoms with van der Waals surface area (Å²) in [7, 11) is 2.07. The van der Waals surface area contributed by atoms with Crippen LogP contribution in [-0.4, -0.2) is 27.1 Å². The summed E-state index contributed by atoms with van der Waals surface area (Å²) in [5.41, 5.74) is 1.07. The predicted octanol–water partition coefficient (Wildman–Crippen LogP) is 3.75. The molecule has 6 heteroatoms. The van der Waals surface area contributed by atoms with Gasteiger partial charge in [-0.25, -0.2) is 4.98 Å². The minimum absolute atomic E-state index is 0.0898. The van der Waals surface area contributed by atoms with Crippen molar-refractivity contribution in [2.24, 2.45) is 0 Å². The molecule has 1 fully saturated rings. The lowest BCUT2D eigenvalue weighted by atomic mass is 10.3. The first kappa shape index (κ1) is 13.8. The molecule has 0 bridgehead atoms. The van der Waals surface area contributed by atoms with Crippen LogP contribution in [0, 0.1) is 0 Å². The molecule has 22 heavy (non-hydrogen) atoms. The van der Waals surface area contributed by atoms with E-state index < -0.39 is 0 Å². The molecule has 114 valence electrons. The number of para-hydroxylation sites is 1. The summed E-state index contributed by atoms with van der Waals surface area (Å²) in [6.07, 6.45) is 2.38. The van der Waals surface area contributed by atoms with E-state index in [1.807, 2.05) is 6.07 Å². The van der Waals surface area contributed by atoms with Gasteiger partial charge in [0.15, 0.2) is 5.82 Å². The van der Waals surface area contributed by atoms with Crippen LogP contribution in [0.2, 0.25) is 0 Å². The van der Waals surface area contributed by atoms with E-state index in [-0.39, 0.29) is 6.04 Å². The van der Waals surface area contributed by atoms with Crippen LogP contribution in [0.5, 0.6) is 0 Å². The Kier molecular flexibility index (Phi) is 3.43. The molecule has 2 heterocycles. The molecule has 1 aliphatic carbocycles. The van der Waals surface area contributed by atoms with Gasteiger partial charge in [0.1, 0.15) is 5.01 Å². The van der Waals surface area contributed by atoms with E-state index in [0.29, 0.717) is 11.8 Å². The van der Waals surface area contributed by atoms with Crippen molar-refractivity contribution in [3.8, 4) is 0 Å². The average Bonchev–Trinajstić information content (AvgIpc) is 3.11. The maximum absolute atomic E-state index is 5.43. The average molecular weight is 314 g/mol. The van der Waals surface area contributed by atoms with Gasteiger partial charge in [0.05, 0.1) is 22.8 Å². The second-order valence-corrected chi connectivity index (χ2v) is 7.05. The first-order chi connectivity index (χ1) is 10.7. The highest BCUT2D eigenvalue weighted by Gasteiger charge is 2.30. The Morgan fingerprint density at radius 2 is 2.14 bits per heavy atom. The molecule has 0 N–H and O–H groups in total. The highest BCUT2D eigenvalue weighted by atomic mass is 32.1. The highest BCUT2D eigenvalue weighted by Crippen LogP contribution is 2.38. The lowest BCUT2D eigenvalue weighted by molar-refractivity contribution is 0.202. The molecule has 2 aromatic heterocycles. The van der Waals surface area contributed by atoms with Crippen LogP contribution in [0.3, 0.4) is 0 Å². The number of fused-ring (bicyclic) bond motifs is 1. The fourth-order valence-corrected chi connectivity index (χ4v) is 3.48. The molecule has 0 radical (unpaired) electrons. The van der Waals surface area contributed by atoms with Gasteiger partial charge in [-0.3, -0.25) is 4.90 Å². The number of hydrogen-bond acceptors (Lipinski definition) is 6. The maximum atomic E-state index is 5.43. The van der Waals surface area contributed by atoms with Gasteiger partial charge in [0.2, 0.25) is 5.89 Å². The summed E-state index contributed by atoms with van der Waals surface area (Å²) < 4.78 is 6.65. The zero-order chi connectivity index (χ0) is 15.1. The molecular formula is C16H18N4OS. The molecule has 1 aliphatic rings. The van der Waals surface area contributed by atoms with Gasteiger partial charge in [-0.15, -0.1) is 11.3 Å². The van der Waals surface area contributed by atoms with Crippen LogP contribution in [-0.2, 0) is 6.54 Å². The van der Waals surface area contributed by atoms with Crippen LogP contribution in [0.4, 0.5) is 0 Å². The topological polar surface area (TPSA) is 55.1 Å². The number of hydrogen-bond donors (Lipinski definition) is 0. The highest BCUT2D eigenvalue weighted by molar-refractivity contribution is 7.18. The van der Waals surface area contributed by atoms with Crippen molar-refractivity contribution in [2.45, 2.75) is 38.3 Å². The fourth-order valence-electron chi connectivity index (χ4n) is 2.45. The summed E-state index contributed by atoms with van der Waals surface area (Å²) in [5, 5.41) is 5.21. The molecular weight excluding hydrogens is 296 g/mol. The molecule has 0 spiro atoms. The Hall–Kier alpha value is -1.79. The number of rotatable bonds is 5. The van der Waals surface area contributed by atoms with E-state index in [2.05, 4.69) is 52.2 Å². The van der Waals surface area contributed by atoms with Gasteiger partial charge in [0.25, 0.3) is 0 Å². The third-order valence-corrected chi connectivity index (χ3v) is 5.16. The standard InChI is InChI=1S/C16H18N4OS/c1-10(16-18-15(19-21-16)11-7-8-11)20(2)9-14-17-12-5-3-4-6-13(12)22-14/h3-6,10-11H,7-9H2,1-2H3/t10-/m1/s1. The Morgan fingerprint density at radius 3 is 2.91 bits per heavy atom. The molecule has 1 atom stereocenters. The quantitative estimate of drug-likeness (QED) is 0.718. The summed E-state index contributed by atoms with van der Waals surface area (Å²) in [6, 6.07) is 8.33. The smallest absolute Gasteiger partial charge is 0.243 e. The van der Waals surface area contributed by atoms with E-state index in [1.165, 1.54) is 17.5 Å². The van der Waals surface area contributed by atoms with Crippen LogP contribution < -0.4 is 0 Å². The van der Waals surface area contributed by atoms with E-state index in [0.717, 1.165) is 22.9 Å². The molecule has 0 unspecified atom stereocenters. The van der Waals surface area contributed by atoms with Crippen molar-refractivity contribution in [2.75, 3.05) is 7.05 Å². The van der Waals surface area contributed by atoms with E-state index in [9.17, 15) is 0 Å². The number of aromatic nitrogens is 3. The number of nitrogens with zero attached hydrogens (tertiary/aromatic N) is 4. The summed E-state index contributed by atoms with van der Waals surface area (Å²) in [5.74, 6) is 2.10. The van der Waals surface area contributed by atoms with Gasteiger partial charge in [0, 0.05) is 5.92 Å². The molecule has 3 aromatic rings. The SMILES string of the molecule is C[C@H](c1nc(C2CC2)no1)N(C)Cc1nc2ccccc2s1. The molecule has 0 aliphatic heterocycles. The Labute approximate surface area is 133 Å². The summed E-state index contributed by atoms with van der Waals surface area (Å²) in [4.78, 5) is 11.4. The number of benzene rings is 1. The van der Waals surface area contributed by atoms with E-state index in [4.69, 9.17) is 4.52 Å². The molecule has 4 rings (SSSR count). The van der Waals surface area contributed by atoms with Gasteiger partial charge in [-0.1, -0.05) is 17.3 Å². The molecule has 1 saturated carbocycles. The van der Waals surface area contributed by atoms with Crippen molar-refractivity contribution < 1.29 is 4.52 Å². The predicted molar refractivity (Wildman–Crippen MR) is 85.8 cm³/mol. The Balaban J connectivity index is 1.48.